The van der Waals surface area contributed by atoms with Gasteiger partial charge in [0.25, 0.3) is 0 Å². The van der Waals surface area contributed by atoms with Crippen molar-refractivity contribution in [3.63, 3.8) is 0 Å². The van der Waals surface area contributed by atoms with Gasteiger partial charge in [0.2, 0.25) is 5.91 Å². The van der Waals surface area contributed by atoms with Crippen molar-refractivity contribution in [1.29, 1.82) is 0 Å². The third-order valence-corrected chi connectivity index (χ3v) is 6.54. The zero-order valence-corrected chi connectivity index (χ0v) is 14.7. The molecule has 2 aromatic rings. The van der Waals surface area contributed by atoms with Crippen molar-refractivity contribution in [1.82, 2.24) is 24.7 Å². The molecule has 0 N–H and O–H groups in total. The van der Waals surface area contributed by atoms with Crippen molar-refractivity contribution >= 4 is 27.1 Å². The molecule has 1 aliphatic rings. The number of rotatable bonds is 5. The molecule has 9 nitrogen and oxygen atoms in total. The molecule has 1 saturated heterocycles. The second-order valence-electron chi connectivity index (χ2n) is 5.52. The summed E-state index contributed by atoms with van der Waals surface area (Å²) in [5.41, 5.74) is -0.499. The second kappa shape index (κ2) is 6.48. The fourth-order valence-electron chi connectivity index (χ4n) is 2.78. The number of likely N-dealkylation sites (N-methyl/N-ethyl adjacent to an activating group) is 1. The molecule has 0 bridgehead atoms. The van der Waals surface area contributed by atoms with Crippen molar-refractivity contribution in [2.45, 2.75) is 25.9 Å². The van der Waals surface area contributed by atoms with Gasteiger partial charge in [-0.15, -0.1) is 11.3 Å². The molecular formula is C13H17N5O4S2. The first-order valence-electron chi connectivity index (χ1n) is 7.48. The summed E-state index contributed by atoms with van der Waals surface area (Å²) in [5.74, 6) is -0.265. The molecule has 1 aliphatic heterocycles. The maximum atomic E-state index is 12.5. The number of sulfone groups is 1. The first kappa shape index (κ1) is 16.8. The number of nitrogens with zero attached hydrogens (tertiary/aromatic N) is 5. The highest BCUT2D eigenvalue weighted by Gasteiger charge is 2.34. The molecule has 2 aromatic heterocycles. The van der Waals surface area contributed by atoms with Gasteiger partial charge in [-0.05, 0) is 41.3 Å². The Morgan fingerprint density at radius 3 is 2.83 bits per heavy atom. The van der Waals surface area contributed by atoms with Crippen LogP contribution in [0, 0.1) is 0 Å². The van der Waals surface area contributed by atoms with E-state index in [2.05, 4.69) is 10.4 Å². The van der Waals surface area contributed by atoms with Gasteiger partial charge < -0.3 is 4.90 Å². The van der Waals surface area contributed by atoms with Gasteiger partial charge in [-0.1, -0.05) is 0 Å². The van der Waals surface area contributed by atoms with E-state index in [0.29, 0.717) is 18.0 Å². The van der Waals surface area contributed by atoms with Gasteiger partial charge in [0.05, 0.1) is 11.5 Å². The molecular weight excluding hydrogens is 354 g/mol. The monoisotopic (exact) mass is 371 g/mol. The predicted molar refractivity (Wildman–Crippen MR) is 87.9 cm³/mol. The topological polar surface area (TPSA) is 107 Å². The van der Waals surface area contributed by atoms with Crippen molar-refractivity contribution in [3.05, 3.63) is 28.0 Å². The van der Waals surface area contributed by atoms with Crippen molar-refractivity contribution in [2.24, 2.45) is 0 Å². The smallest absolute Gasteiger partial charge is 0.337 e. The van der Waals surface area contributed by atoms with Crippen LogP contribution in [0.3, 0.4) is 0 Å². The van der Waals surface area contributed by atoms with Crippen LogP contribution < -0.4 is 5.69 Å². The summed E-state index contributed by atoms with van der Waals surface area (Å²) in [6.45, 7) is 1.91. The molecule has 1 fully saturated rings. The Hall–Kier alpha value is -2.01. The van der Waals surface area contributed by atoms with Crippen LogP contribution in [0.5, 0.6) is 0 Å². The van der Waals surface area contributed by atoms with E-state index in [0.717, 1.165) is 9.36 Å². The first-order chi connectivity index (χ1) is 11.4. The fourth-order valence-corrected chi connectivity index (χ4v) is 5.18. The number of carbonyl (C=O) groups excluding carboxylic acids is 1. The van der Waals surface area contributed by atoms with Crippen molar-refractivity contribution in [2.75, 3.05) is 18.1 Å². The molecule has 3 heterocycles. The molecule has 3 rings (SSSR count). The van der Waals surface area contributed by atoms with Crippen LogP contribution in [0.2, 0.25) is 0 Å². The molecule has 0 spiro atoms. The summed E-state index contributed by atoms with van der Waals surface area (Å²) in [6.07, 6.45) is 0.429. The average Bonchev–Trinajstić information content (AvgIpc) is 3.23. The highest BCUT2D eigenvalue weighted by atomic mass is 32.2. The lowest BCUT2D eigenvalue weighted by molar-refractivity contribution is -0.133. The Balaban J connectivity index is 1.76. The van der Waals surface area contributed by atoms with Crippen molar-refractivity contribution < 1.29 is 13.2 Å². The lowest BCUT2D eigenvalue weighted by Gasteiger charge is -2.26. The molecule has 1 atom stereocenters. The zero-order chi connectivity index (χ0) is 17.3. The van der Waals surface area contributed by atoms with Crippen molar-refractivity contribution in [3.8, 4) is 5.00 Å². The summed E-state index contributed by atoms with van der Waals surface area (Å²) >= 11 is 1.34. The van der Waals surface area contributed by atoms with Crippen LogP contribution in [-0.4, -0.2) is 63.1 Å². The number of carbonyl (C=O) groups is 1. The molecule has 0 radical (unpaired) electrons. The fraction of sp³-hybridized carbons (Fsp3) is 0.538. The minimum Gasteiger partial charge on any atom is -0.337 e. The van der Waals surface area contributed by atoms with Crippen LogP contribution in [-0.2, 0) is 21.2 Å². The number of hydrogen-bond acceptors (Lipinski definition) is 7. The third kappa shape index (κ3) is 3.26. The van der Waals surface area contributed by atoms with Gasteiger partial charge in [-0.25, -0.2) is 13.2 Å². The number of thiophene rings is 1. The summed E-state index contributed by atoms with van der Waals surface area (Å²) in [6, 6.07) is 3.18. The summed E-state index contributed by atoms with van der Waals surface area (Å²) in [4.78, 5) is 26.3. The number of tetrazole rings is 1. The van der Waals surface area contributed by atoms with E-state index < -0.39 is 15.5 Å². The quantitative estimate of drug-likeness (QED) is 0.703. The highest BCUT2D eigenvalue weighted by Crippen LogP contribution is 2.18. The van der Waals surface area contributed by atoms with Gasteiger partial charge >= 0.3 is 5.69 Å². The molecule has 0 saturated carbocycles. The Morgan fingerprint density at radius 1 is 1.46 bits per heavy atom. The predicted octanol–water partition coefficient (Wildman–Crippen LogP) is -0.474. The molecule has 11 heteroatoms. The number of aromatic nitrogens is 4. The molecule has 0 aliphatic carbocycles. The van der Waals surface area contributed by atoms with Crippen LogP contribution in [0.1, 0.15) is 13.3 Å². The maximum absolute atomic E-state index is 12.5. The Morgan fingerprint density at radius 2 is 2.25 bits per heavy atom. The molecule has 24 heavy (non-hydrogen) atoms. The highest BCUT2D eigenvalue weighted by molar-refractivity contribution is 7.91. The van der Waals surface area contributed by atoms with E-state index in [1.807, 2.05) is 5.38 Å². The SMILES string of the molecule is CCN(C(=O)Cn1nnn(-c2cccs2)c1=O)C1CCS(=O)(=O)C1. The molecule has 1 unspecified atom stereocenters. The van der Waals surface area contributed by atoms with Gasteiger partial charge in [-0.2, -0.15) is 9.36 Å². The zero-order valence-electron chi connectivity index (χ0n) is 13.0. The average molecular weight is 371 g/mol. The molecule has 1 amide bonds. The lowest BCUT2D eigenvalue weighted by atomic mass is 10.2. The summed E-state index contributed by atoms with van der Waals surface area (Å²) in [5, 5.41) is 9.95. The Bertz CT molecular complexity index is 884. The van der Waals surface area contributed by atoms with E-state index in [9.17, 15) is 18.0 Å². The Kier molecular flexibility index (Phi) is 4.54. The molecule has 0 aromatic carbocycles. The second-order valence-corrected chi connectivity index (χ2v) is 8.67. The van der Waals surface area contributed by atoms with E-state index in [4.69, 9.17) is 0 Å². The van der Waals surface area contributed by atoms with Gasteiger partial charge in [0.1, 0.15) is 11.5 Å². The third-order valence-electron chi connectivity index (χ3n) is 3.95. The standard InChI is InChI=1S/C13H17N5O4S2/c1-2-16(10-5-7-24(21,22)9-10)11(19)8-17-13(20)18(15-14-17)12-4-3-6-23-12/h3-4,6,10H,2,5,7-9H2,1H3. The van der Waals surface area contributed by atoms with E-state index in [1.54, 1.807) is 19.1 Å². The van der Waals surface area contributed by atoms with Gasteiger partial charge in [0.15, 0.2) is 9.84 Å². The Labute approximate surface area is 142 Å². The summed E-state index contributed by atoms with van der Waals surface area (Å²) < 4.78 is 25.4. The van der Waals surface area contributed by atoms with Gasteiger partial charge in [0, 0.05) is 12.6 Å². The number of hydrogen-bond donors (Lipinski definition) is 0. The van der Waals surface area contributed by atoms with Crippen LogP contribution in [0.15, 0.2) is 22.3 Å². The lowest BCUT2D eigenvalue weighted by Crippen LogP contribution is -2.44. The van der Waals surface area contributed by atoms with Crippen LogP contribution >= 0.6 is 11.3 Å². The minimum absolute atomic E-state index is 0.0244. The largest absolute Gasteiger partial charge is 0.369 e. The molecule has 130 valence electrons. The van der Waals surface area contributed by atoms with E-state index >= 15 is 0 Å². The van der Waals surface area contributed by atoms with E-state index in [1.165, 1.54) is 16.2 Å². The van der Waals surface area contributed by atoms with Crippen LogP contribution in [0.25, 0.3) is 5.00 Å². The normalized spacial score (nSPS) is 19.5. The van der Waals surface area contributed by atoms with E-state index in [-0.39, 0.29) is 30.0 Å². The minimum atomic E-state index is -3.08. The first-order valence-corrected chi connectivity index (χ1v) is 10.2. The van der Waals surface area contributed by atoms with Gasteiger partial charge in [-0.3, -0.25) is 4.79 Å². The van der Waals surface area contributed by atoms with Crippen LogP contribution in [0.4, 0.5) is 0 Å². The number of amides is 1. The summed E-state index contributed by atoms with van der Waals surface area (Å²) in [7, 11) is -3.08. The maximum Gasteiger partial charge on any atom is 0.369 e.